The Bertz CT molecular complexity index is 804. The second-order valence-electron chi connectivity index (χ2n) is 6.41. The van der Waals surface area contributed by atoms with Crippen LogP contribution in [0.5, 0.6) is 5.75 Å². The zero-order valence-corrected chi connectivity index (χ0v) is 15.7. The SMILES string of the molecule is CCN(CC)[C@@H](CNC(=O)c1ccc2c(c1)OCC(=O)N2)c1ccccc1. The van der Waals surface area contributed by atoms with Crippen molar-refractivity contribution >= 4 is 17.5 Å². The van der Waals surface area contributed by atoms with Gasteiger partial charge in [0.2, 0.25) is 0 Å². The summed E-state index contributed by atoms with van der Waals surface area (Å²) < 4.78 is 5.39. The maximum absolute atomic E-state index is 12.7. The molecule has 2 aromatic rings. The number of nitrogens with zero attached hydrogens (tertiary/aromatic N) is 1. The summed E-state index contributed by atoms with van der Waals surface area (Å²) in [5, 5.41) is 5.76. The molecule has 1 heterocycles. The molecule has 0 bridgehead atoms. The summed E-state index contributed by atoms with van der Waals surface area (Å²) in [7, 11) is 0. The molecular formula is C21H25N3O3. The molecule has 0 fully saturated rings. The summed E-state index contributed by atoms with van der Waals surface area (Å²) >= 11 is 0. The Morgan fingerprint density at radius 1 is 1.19 bits per heavy atom. The van der Waals surface area contributed by atoms with Gasteiger partial charge in [-0.3, -0.25) is 14.5 Å². The lowest BCUT2D eigenvalue weighted by atomic mass is 10.0. The lowest BCUT2D eigenvalue weighted by Crippen LogP contribution is -2.38. The zero-order chi connectivity index (χ0) is 19.2. The second-order valence-corrected chi connectivity index (χ2v) is 6.41. The lowest BCUT2D eigenvalue weighted by Gasteiger charge is -2.30. The van der Waals surface area contributed by atoms with Gasteiger partial charge in [0.25, 0.3) is 11.8 Å². The molecule has 0 saturated heterocycles. The predicted molar refractivity (Wildman–Crippen MR) is 105 cm³/mol. The van der Waals surface area contributed by atoms with Gasteiger partial charge in [-0.2, -0.15) is 0 Å². The van der Waals surface area contributed by atoms with Gasteiger partial charge in [0.05, 0.1) is 11.7 Å². The molecular weight excluding hydrogens is 342 g/mol. The highest BCUT2D eigenvalue weighted by Gasteiger charge is 2.21. The van der Waals surface area contributed by atoms with E-state index in [1.54, 1.807) is 18.2 Å². The van der Waals surface area contributed by atoms with Crippen molar-refractivity contribution in [3.8, 4) is 5.75 Å². The molecule has 0 spiro atoms. The van der Waals surface area contributed by atoms with E-state index in [-0.39, 0.29) is 24.5 Å². The van der Waals surface area contributed by atoms with Crippen molar-refractivity contribution in [3.05, 3.63) is 59.7 Å². The first-order valence-electron chi connectivity index (χ1n) is 9.26. The van der Waals surface area contributed by atoms with Crippen LogP contribution in [0.3, 0.4) is 0 Å². The molecule has 142 valence electrons. The lowest BCUT2D eigenvalue weighted by molar-refractivity contribution is -0.118. The fourth-order valence-corrected chi connectivity index (χ4v) is 3.30. The quantitative estimate of drug-likeness (QED) is 0.789. The number of nitrogens with one attached hydrogen (secondary N) is 2. The maximum Gasteiger partial charge on any atom is 0.262 e. The van der Waals surface area contributed by atoms with Crippen LogP contribution in [-0.2, 0) is 4.79 Å². The number of ether oxygens (including phenoxy) is 1. The van der Waals surface area contributed by atoms with Crippen molar-refractivity contribution in [1.29, 1.82) is 0 Å². The number of rotatable bonds is 7. The third-order valence-electron chi connectivity index (χ3n) is 4.77. The van der Waals surface area contributed by atoms with Crippen molar-refractivity contribution in [2.75, 3.05) is 31.6 Å². The minimum atomic E-state index is -0.190. The fourth-order valence-electron chi connectivity index (χ4n) is 3.30. The monoisotopic (exact) mass is 367 g/mol. The molecule has 27 heavy (non-hydrogen) atoms. The van der Waals surface area contributed by atoms with Crippen molar-refractivity contribution in [2.45, 2.75) is 19.9 Å². The van der Waals surface area contributed by atoms with E-state index in [0.29, 0.717) is 23.5 Å². The Labute approximate surface area is 159 Å². The average molecular weight is 367 g/mol. The van der Waals surface area contributed by atoms with Crippen LogP contribution in [0.15, 0.2) is 48.5 Å². The zero-order valence-electron chi connectivity index (χ0n) is 15.7. The van der Waals surface area contributed by atoms with Crippen molar-refractivity contribution in [3.63, 3.8) is 0 Å². The van der Waals surface area contributed by atoms with Crippen LogP contribution in [0, 0.1) is 0 Å². The number of fused-ring (bicyclic) bond motifs is 1. The van der Waals surface area contributed by atoms with Gasteiger partial charge >= 0.3 is 0 Å². The van der Waals surface area contributed by atoms with E-state index in [4.69, 9.17) is 4.74 Å². The van der Waals surface area contributed by atoms with E-state index < -0.39 is 0 Å². The normalized spacial score (nSPS) is 14.1. The molecule has 0 saturated carbocycles. The van der Waals surface area contributed by atoms with Gasteiger partial charge in [-0.05, 0) is 36.9 Å². The van der Waals surface area contributed by atoms with Crippen LogP contribution >= 0.6 is 0 Å². The van der Waals surface area contributed by atoms with Crippen LogP contribution in [-0.4, -0.2) is 43.0 Å². The smallest absolute Gasteiger partial charge is 0.262 e. The predicted octanol–water partition coefficient (Wildman–Crippen LogP) is 2.83. The molecule has 0 aromatic heterocycles. The first kappa shape index (κ1) is 18.9. The molecule has 2 N–H and O–H groups in total. The molecule has 6 nitrogen and oxygen atoms in total. The van der Waals surface area contributed by atoms with Gasteiger partial charge in [-0.1, -0.05) is 44.2 Å². The first-order chi connectivity index (χ1) is 13.1. The summed E-state index contributed by atoms with van der Waals surface area (Å²) in [5.41, 5.74) is 2.28. The summed E-state index contributed by atoms with van der Waals surface area (Å²) in [4.78, 5) is 26.3. The van der Waals surface area contributed by atoms with Crippen LogP contribution in [0.25, 0.3) is 0 Å². The van der Waals surface area contributed by atoms with E-state index in [9.17, 15) is 9.59 Å². The number of hydrogen-bond donors (Lipinski definition) is 2. The molecule has 2 aromatic carbocycles. The van der Waals surface area contributed by atoms with E-state index >= 15 is 0 Å². The molecule has 6 heteroatoms. The highest BCUT2D eigenvalue weighted by Crippen LogP contribution is 2.28. The minimum absolute atomic E-state index is 0.0316. The number of carbonyl (C=O) groups excluding carboxylic acids is 2. The standard InChI is InChI=1S/C21H25N3O3/c1-3-24(4-2)18(15-8-6-5-7-9-15)13-22-21(26)16-10-11-17-19(12-16)27-14-20(25)23-17/h5-12,18H,3-4,13-14H2,1-2H3,(H,22,26)(H,23,25)/t18-/m0/s1. The highest BCUT2D eigenvalue weighted by atomic mass is 16.5. The van der Waals surface area contributed by atoms with E-state index in [1.807, 2.05) is 18.2 Å². The van der Waals surface area contributed by atoms with Gasteiger partial charge in [0, 0.05) is 12.1 Å². The van der Waals surface area contributed by atoms with Crippen LogP contribution in [0.1, 0.15) is 35.8 Å². The Kier molecular flexibility index (Phi) is 6.08. The largest absolute Gasteiger partial charge is 0.482 e. The van der Waals surface area contributed by atoms with Crippen LogP contribution in [0.2, 0.25) is 0 Å². The molecule has 0 aliphatic carbocycles. The number of likely N-dealkylation sites (N-methyl/N-ethyl adjacent to an activating group) is 1. The van der Waals surface area contributed by atoms with Gasteiger partial charge in [0.15, 0.2) is 6.61 Å². The average Bonchev–Trinajstić information content (AvgIpc) is 2.71. The third-order valence-corrected chi connectivity index (χ3v) is 4.77. The van der Waals surface area contributed by atoms with Crippen LogP contribution < -0.4 is 15.4 Å². The van der Waals surface area contributed by atoms with Gasteiger partial charge in [0.1, 0.15) is 5.75 Å². The molecule has 1 atom stereocenters. The number of benzene rings is 2. The maximum atomic E-state index is 12.7. The molecule has 0 radical (unpaired) electrons. The Balaban J connectivity index is 1.71. The Morgan fingerprint density at radius 2 is 1.93 bits per heavy atom. The third kappa shape index (κ3) is 4.46. The number of carbonyl (C=O) groups is 2. The van der Waals surface area contributed by atoms with Crippen molar-refractivity contribution in [2.24, 2.45) is 0 Å². The molecule has 3 rings (SSSR count). The molecule has 1 aliphatic rings. The summed E-state index contributed by atoms with van der Waals surface area (Å²) in [6.07, 6.45) is 0. The topological polar surface area (TPSA) is 70.7 Å². The summed E-state index contributed by atoms with van der Waals surface area (Å²) in [6, 6.07) is 15.4. The molecule has 0 unspecified atom stereocenters. The van der Waals surface area contributed by atoms with E-state index in [1.165, 1.54) is 5.56 Å². The number of amides is 2. The number of anilines is 1. The first-order valence-corrected chi connectivity index (χ1v) is 9.26. The highest BCUT2D eigenvalue weighted by molar-refractivity contribution is 5.99. The van der Waals surface area contributed by atoms with Gasteiger partial charge in [-0.25, -0.2) is 0 Å². The second kappa shape index (κ2) is 8.68. The fraction of sp³-hybridized carbons (Fsp3) is 0.333. The Hall–Kier alpha value is -2.86. The van der Waals surface area contributed by atoms with Gasteiger partial charge in [-0.15, -0.1) is 0 Å². The summed E-state index contributed by atoms with van der Waals surface area (Å²) in [5.74, 6) is 0.168. The van der Waals surface area contributed by atoms with Crippen molar-refractivity contribution in [1.82, 2.24) is 10.2 Å². The van der Waals surface area contributed by atoms with E-state index in [0.717, 1.165) is 13.1 Å². The van der Waals surface area contributed by atoms with Gasteiger partial charge < -0.3 is 15.4 Å². The molecule has 2 amide bonds. The number of hydrogen-bond acceptors (Lipinski definition) is 4. The van der Waals surface area contributed by atoms with Crippen LogP contribution in [0.4, 0.5) is 5.69 Å². The molecule has 1 aliphatic heterocycles. The minimum Gasteiger partial charge on any atom is -0.482 e. The summed E-state index contributed by atoms with van der Waals surface area (Å²) in [6.45, 7) is 6.53. The van der Waals surface area contributed by atoms with Crippen molar-refractivity contribution < 1.29 is 14.3 Å². The van der Waals surface area contributed by atoms with E-state index in [2.05, 4.69) is 41.5 Å². The Morgan fingerprint density at radius 3 is 2.63 bits per heavy atom.